The van der Waals surface area contributed by atoms with Crippen molar-refractivity contribution in [1.82, 2.24) is 19.7 Å². The highest BCUT2D eigenvalue weighted by Gasteiger charge is 2.39. The summed E-state index contributed by atoms with van der Waals surface area (Å²) in [5.74, 6) is 0.473. The normalized spacial score (nSPS) is 17.1. The molecule has 0 radical (unpaired) electrons. The monoisotopic (exact) mass is 524 g/mol. The number of nitrogen functional groups attached to an aromatic ring is 1. The fraction of sp³-hybridized carbons (Fsp3) is 0.385. The van der Waals surface area contributed by atoms with E-state index < -0.39 is 15.9 Å². The van der Waals surface area contributed by atoms with E-state index in [1.807, 2.05) is 19.9 Å². The Morgan fingerprint density at radius 2 is 1.95 bits per heavy atom. The summed E-state index contributed by atoms with van der Waals surface area (Å²) in [7, 11) is -4.25. The van der Waals surface area contributed by atoms with Crippen LogP contribution < -0.4 is 20.1 Å². The van der Waals surface area contributed by atoms with Gasteiger partial charge in [-0.05, 0) is 70.4 Å². The number of rotatable bonds is 7. The molecule has 10 nitrogen and oxygen atoms in total. The summed E-state index contributed by atoms with van der Waals surface area (Å²) < 4.78 is 33.6. The van der Waals surface area contributed by atoms with E-state index in [0.717, 1.165) is 12.0 Å². The Bertz CT molecular complexity index is 1420. The molecule has 0 bridgehead atoms. The zero-order chi connectivity index (χ0) is 27.0. The topological polar surface area (TPSA) is 140 Å². The van der Waals surface area contributed by atoms with Crippen molar-refractivity contribution in [3.05, 3.63) is 54.2 Å². The molecule has 0 aromatic carbocycles. The van der Waals surface area contributed by atoms with Gasteiger partial charge in [0.2, 0.25) is 5.88 Å². The first-order chi connectivity index (χ1) is 17.4. The second-order valence-electron chi connectivity index (χ2n) is 10.2. The highest BCUT2D eigenvalue weighted by atomic mass is 32.2. The molecule has 1 amide bonds. The highest BCUT2D eigenvalue weighted by Crippen LogP contribution is 2.38. The average Bonchev–Trinajstić information content (AvgIpc) is 3.09. The molecular formula is C26H32N6O4S. The predicted molar refractivity (Wildman–Crippen MR) is 142 cm³/mol. The van der Waals surface area contributed by atoms with Gasteiger partial charge in [-0.2, -0.15) is 8.42 Å². The van der Waals surface area contributed by atoms with E-state index >= 15 is 0 Å². The molecule has 1 atom stereocenters. The summed E-state index contributed by atoms with van der Waals surface area (Å²) in [6, 6.07) is 11.1. The van der Waals surface area contributed by atoms with E-state index in [2.05, 4.69) is 40.4 Å². The van der Waals surface area contributed by atoms with Crippen molar-refractivity contribution >= 4 is 27.6 Å². The molecule has 3 aromatic heterocycles. The van der Waals surface area contributed by atoms with Gasteiger partial charge in [-0.25, -0.2) is 19.7 Å². The van der Waals surface area contributed by atoms with Gasteiger partial charge < -0.3 is 15.4 Å². The molecule has 1 saturated heterocycles. The molecule has 1 aliphatic heterocycles. The van der Waals surface area contributed by atoms with Crippen LogP contribution in [0.15, 0.2) is 53.7 Å². The Balaban J connectivity index is 1.76. The van der Waals surface area contributed by atoms with Crippen LogP contribution in [0.3, 0.4) is 0 Å². The van der Waals surface area contributed by atoms with E-state index in [9.17, 15) is 13.2 Å². The Labute approximate surface area is 217 Å². The summed E-state index contributed by atoms with van der Waals surface area (Å²) >= 11 is 0. The Morgan fingerprint density at radius 3 is 2.59 bits per heavy atom. The van der Waals surface area contributed by atoms with Gasteiger partial charge in [0.15, 0.2) is 5.03 Å². The minimum absolute atomic E-state index is 0.0352. The van der Waals surface area contributed by atoms with Crippen LogP contribution in [-0.4, -0.2) is 47.5 Å². The lowest BCUT2D eigenvalue weighted by molar-refractivity contribution is 0.0981. The SMILES string of the molecule is CC1CN(c2nc(-c3ccnc(OC(C)C)c3)ccc2C(=O)NS(=O)(=O)c2cccc(N)n2)C(C)(C)C1. The van der Waals surface area contributed by atoms with E-state index in [0.29, 0.717) is 29.9 Å². The number of sulfonamides is 1. The third kappa shape index (κ3) is 5.82. The maximum atomic E-state index is 13.4. The number of hydrogen-bond acceptors (Lipinski definition) is 9. The second-order valence-corrected chi connectivity index (χ2v) is 11.8. The van der Waals surface area contributed by atoms with Crippen LogP contribution in [0, 0.1) is 5.92 Å². The van der Waals surface area contributed by atoms with Crippen molar-refractivity contribution in [1.29, 1.82) is 0 Å². The fourth-order valence-corrected chi connectivity index (χ4v) is 5.58. The number of amides is 1. The lowest BCUT2D eigenvalue weighted by atomic mass is 9.97. The van der Waals surface area contributed by atoms with Crippen LogP contribution in [0.25, 0.3) is 11.3 Å². The van der Waals surface area contributed by atoms with Gasteiger partial charge in [-0.15, -0.1) is 0 Å². The number of nitrogens with two attached hydrogens (primary N) is 1. The second kappa shape index (κ2) is 9.97. The van der Waals surface area contributed by atoms with Crippen LogP contribution in [0.1, 0.15) is 51.4 Å². The van der Waals surface area contributed by atoms with Crippen molar-refractivity contribution < 1.29 is 17.9 Å². The number of anilines is 2. The molecule has 4 rings (SSSR count). The average molecular weight is 525 g/mol. The minimum atomic E-state index is -4.25. The van der Waals surface area contributed by atoms with Crippen molar-refractivity contribution in [2.24, 2.45) is 5.92 Å². The van der Waals surface area contributed by atoms with Crippen molar-refractivity contribution in [3.63, 3.8) is 0 Å². The van der Waals surface area contributed by atoms with Gasteiger partial charge in [-0.1, -0.05) is 13.0 Å². The van der Waals surface area contributed by atoms with Crippen LogP contribution in [0.2, 0.25) is 0 Å². The van der Waals surface area contributed by atoms with Crippen LogP contribution in [0.5, 0.6) is 5.88 Å². The molecule has 1 unspecified atom stereocenters. The predicted octanol–water partition coefficient (Wildman–Crippen LogP) is 3.65. The fourth-order valence-electron chi connectivity index (χ4n) is 4.64. The number of ether oxygens (including phenoxy) is 1. The molecule has 3 aromatic rings. The van der Waals surface area contributed by atoms with Crippen LogP contribution >= 0.6 is 0 Å². The van der Waals surface area contributed by atoms with Crippen molar-refractivity contribution in [2.75, 3.05) is 17.2 Å². The van der Waals surface area contributed by atoms with Gasteiger partial charge in [0.1, 0.15) is 11.6 Å². The number of nitrogens with zero attached hydrogens (tertiary/aromatic N) is 4. The first kappa shape index (κ1) is 26.3. The lowest BCUT2D eigenvalue weighted by Crippen LogP contribution is -2.41. The zero-order valence-corrected chi connectivity index (χ0v) is 22.4. The summed E-state index contributed by atoms with van der Waals surface area (Å²) in [5.41, 5.74) is 6.86. The number of carbonyl (C=O) groups is 1. The van der Waals surface area contributed by atoms with E-state index in [1.165, 1.54) is 18.2 Å². The first-order valence-electron chi connectivity index (χ1n) is 12.1. The molecule has 196 valence electrons. The maximum Gasteiger partial charge on any atom is 0.281 e. The minimum Gasteiger partial charge on any atom is -0.475 e. The van der Waals surface area contributed by atoms with Crippen LogP contribution in [0.4, 0.5) is 11.6 Å². The Morgan fingerprint density at radius 1 is 1.19 bits per heavy atom. The molecule has 0 aliphatic carbocycles. The first-order valence-corrected chi connectivity index (χ1v) is 13.6. The number of carbonyl (C=O) groups excluding carboxylic acids is 1. The molecule has 4 heterocycles. The van der Waals surface area contributed by atoms with E-state index in [4.69, 9.17) is 15.5 Å². The summed E-state index contributed by atoms with van der Waals surface area (Å²) in [6.45, 7) is 10.8. The van der Waals surface area contributed by atoms with Gasteiger partial charge >= 0.3 is 0 Å². The van der Waals surface area contributed by atoms with E-state index in [1.54, 1.807) is 24.4 Å². The maximum absolute atomic E-state index is 13.4. The quantitative estimate of drug-likeness (QED) is 0.474. The number of hydrogen-bond donors (Lipinski definition) is 2. The largest absolute Gasteiger partial charge is 0.475 e. The number of pyridine rings is 3. The molecule has 0 saturated carbocycles. The third-order valence-electron chi connectivity index (χ3n) is 6.08. The van der Waals surface area contributed by atoms with Crippen molar-refractivity contribution in [3.8, 4) is 17.1 Å². The molecular weight excluding hydrogens is 492 g/mol. The Hall–Kier alpha value is -3.73. The highest BCUT2D eigenvalue weighted by molar-refractivity contribution is 7.90. The Kier molecular flexibility index (Phi) is 7.09. The molecule has 1 aliphatic rings. The molecule has 11 heteroatoms. The molecule has 1 fully saturated rings. The zero-order valence-electron chi connectivity index (χ0n) is 21.6. The molecule has 0 spiro atoms. The van der Waals surface area contributed by atoms with E-state index in [-0.39, 0.29) is 28.1 Å². The number of aromatic nitrogens is 3. The molecule has 3 N–H and O–H groups in total. The summed E-state index contributed by atoms with van der Waals surface area (Å²) in [4.78, 5) is 28.4. The molecule has 37 heavy (non-hydrogen) atoms. The lowest BCUT2D eigenvalue weighted by Gasteiger charge is -2.34. The van der Waals surface area contributed by atoms with Gasteiger partial charge in [0.25, 0.3) is 15.9 Å². The number of nitrogens with one attached hydrogen (secondary N) is 1. The summed E-state index contributed by atoms with van der Waals surface area (Å²) in [5, 5.41) is -0.337. The van der Waals surface area contributed by atoms with Gasteiger partial charge in [-0.3, -0.25) is 4.79 Å². The van der Waals surface area contributed by atoms with Crippen molar-refractivity contribution in [2.45, 2.75) is 57.7 Å². The smallest absolute Gasteiger partial charge is 0.281 e. The third-order valence-corrected chi connectivity index (χ3v) is 7.32. The van der Waals surface area contributed by atoms with Crippen LogP contribution in [-0.2, 0) is 10.0 Å². The summed E-state index contributed by atoms with van der Waals surface area (Å²) in [6.07, 6.45) is 2.50. The standard InChI is InChI=1S/C26H32N6O4S/c1-16(2)36-22-13-18(11-12-28-22)20-10-9-19(24(29-20)32-15-17(3)14-26(32,4)5)25(33)31-37(34,35)23-8-6-7-21(27)30-23/h6-13,16-17H,14-15H2,1-5H3,(H2,27,30)(H,31,33). The van der Waals surface area contributed by atoms with Gasteiger partial charge in [0.05, 0.1) is 17.4 Å². The van der Waals surface area contributed by atoms with Gasteiger partial charge in [0, 0.05) is 29.9 Å².